The molecule has 0 saturated carbocycles. The van der Waals surface area contributed by atoms with E-state index in [2.05, 4.69) is 28.7 Å². The van der Waals surface area contributed by atoms with Crippen LogP contribution >= 0.6 is 0 Å². The van der Waals surface area contributed by atoms with Gasteiger partial charge in [-0.25, -0.2) is 4.98 Å². The van der Waals surface area contributed by atoms with Gasteiger partial charge in [0.25, 0.3) is 0 Å². The minimum Gasteiger partial charge on any atom is -0.368 e. The van der Waals surface area contributed by atoms with Gasteiger partial charge in [0, 0.05) is 30.9 Å². The smallest absolute Gasteiger partial charge is 0.242 e. The lowest BCUT2D eigenvalue weighted by Gasteiger charge is -2.36. The molecule has 1 aromatic carbocycles. The summed E-state index contributed by atoms with van der Waals surface area (Å²) in [7, 11) is 0. The van der Waals surface area contributed by atoms with Crippen molar-refractivity contribution < 1.29 is 4.79 Å². The van der Waals surface area contributed by atoms with Crippen LogP contribution in [0.4, 0.5) is 11.8 Å². The van der Waals surface area contributed by atoms with Crippen molar-refractivity contribution in [2.75, 3.05) is 36.8 Å². The number of carbonyl (C=O) groups excluding carboxylic acids is 1. The number of nitrogen functional groups attached to an aromatic ring is 1. The summed E-state index contributed by atoms with van der Waals surface area (Å²) < 4.78 is 0. The van der Waals surface area contributed by atoms with Gasteiger partial charge in [0.2, 0.25) is 11.9 Å². The number of hydrogen-bond donors (Lipinski definition) is 1. The number of aryl methyl sites for hydroxylation is 1. The number of rotatable bonds is 6. The third-order valence-electron chi connectivity index (χ3n) is 4.69. The van der Waals surface area contributed by atoms with E-state index >= 15 is 0 Å². The molecule has 0 atom stereocenters. The SMILES string of the molecule is C=CCc1c(C)nc(N)nc1N1CCN(CCc2ccccc2)C(=O)C1. The molecule has 1 aromatic heterocycles. The number of allylic oxidation sites excluding steroid dienone is 1. The topological polar surface area (TPSA) is 75.3 Å². The lowest BCUT2D eigenvalue weighted by molar-refractivity contribution is -0.130. The summed E-state index contributed by atoms with van der Waals surface area (Å²) >= 11 is 0. The van der Waals surface area contributed by atoms with Crippen LogP contribution in [0.15, 0.2) is 43.0 Å². The lowest BCUT2D eigenvalue weighted by Crippen LogP contribution is -2.51. The van der Waals surface area contributed by atoms with E-state index in [1.165, 1.54) is 5.56 Å². The Bertz CT molecular complexity index is 790. The van der Waals surface area contributed by atoms with Gasteiger partial charge in [-0.1, -0.05) is 36.4 Å². The van der Waals surface area contributed by atoms with Crippen LogP contribution in [-0.2, 0) is 17.6 Å². The molecular formula is C20H25N5O. The quantitative estimate of drug-likeness (QED) is 0.806. The third kappa shape index (κ3) is 4.02. The molecule has 6 nitrogen and oxygen atoms in total. The number of anilines is 2. The first-order valence-electron chi connectivity index (χ1n) is 8.89. The van der Waals surface area contributed by atoms with Gasteiger partial charge < -0.3 is 15.5 Å². The van der Waals surface area contributed by atoms with Crippen molar-refractivity contribution in [3.63, 3.8) is 0 Å². The van der Waals surface area contributed by atoms with Crippen LogP contribution in [0.3, 0.4) is 0 Å². The van der Waals surface area contributed by atoms with Crippen molar-refractivity contribution in [1.29, 1.82) is 0 Å². The Hall–Kier alpha value is -2.89. The molecule has 2 aromatic rings. The van der Waals surface area contributed by atoms with E-state index < -0.39 is 0 Å². The van der Waals surface area contributed by atoms with E-state index in [9.17, 15) is 4.79 Å². The van der Waals surface area contributed by atoms with Crippen LogP contribution < -0.4 is 10.6 Å². The maximum absolute atomic E-state index is 12.6. The predicted octanol–water partition coefficient (Wildman–Crippen LogP) is 1.99. The van der Waals surface area contributed by atoms with Crippen molar-refractivity contribution >= 4 is 17.7 Å². The molecule has 0 unspecified atom stereocenters. The summed E-state index contributed by atoms with van der Waals surface area (Å²) in [5, 5.41) is 0. The number of amides is 1. The number of carbonyl (C=O) groups is 1. The Morgan fingerprint density at radius 1 is 1.23 bits per heavy atom. The summed E-state index contributed by atoms with van der Waals surface area (Å²) in [5.41, 5.74) is 8.91. The molecule has 1 aliphatic heterocycles. The average Bonchev–Trinajstić information content (AvgIpc) is 2.63. The number of piperazine rings is 1. The molecule has 2 N–H and O–H groups in total. The number of nitrogens with two attached hydrogens (primary N) is 1. The molecule has 1 saturated heterocycles. The van der Waals surface area contributed by atoms with Crippen molar-refractivity contribution in [2.24, 2.45) is 0 Å². The van der Waals surface area contributed by atoms with E-state index in [1.807, 2.05) is 41.0 Å². The summed E-state index contributed by atoms with van der Waals surface area (Å²) in [6.45, 7) is 8.19. The highest BCUT2D eigenvalue weighted by Crippen LogP contribution is 2.24. The van der Waals surface area contributed by atoms with Gasteiger partial charge in [0.15, 0.2) is 0 Å². The summed E-state index contributed by atoms with van der Waals surface area (Å²) in [4.78, 5) is 25.2. The molecule has 0 bridgehead atoms. The fraction of sp³-hybridized carbons (Fsp3) is 0.350. The second kappa shape index (κ2) is 7.99. The highest BCUT2D eigenvalue weighted by molar-refractivity contribution is 5.83. The van der Waals surface area contributed by atoms with Crippen molar-refractivity contribution in [2.45, 2.75) is 19.8 Å². The highest BCUT2D eigenvalue weighted by atomic mass is 16.2. The van der Waals surface area contributed by atoms with E-state index in [0.29, 0.717) is 19.5 Å². The predicted molar refractivity (Wildman–Crippen MR) is 104 cm³/mol. The Morgan fingerprint density at radius 3 is 2.69 bits per heavy atom. The van der Waals surface area contributed by atoms with Crippen LogP contribution in [0.2, 0.25) is 0 Å². The fourth-order valence-corrected chi connectivity index (χ4v) is 3.28. The lowest BCUT2D eigenvalue weighted by atomic mass is 10.1. The molecule has 3 rings (SSSR count). The minimum absolute atomic E-state index is 0.117. The molecule has 6 heteroatoms. The Morgan fingerprint density at radius 2 is 2.00 bits per heavy atom. The van der Waals surface area contributed by atoms with Gasteiger partial charge in [0.05, 0.1) is 6.54 Å². The van der Waals surface area contributed by atoms with Crippen molar-refractivity contribution in [1.82, 2.24) is 14.9 Å². The van der Waals surface area contributed by atoms with Gasteiger partial charge in [-0.15, -0.1) is 6.58 Å². The number of benzene rings is 1. The molecule has 0 aliphatic carbocycles. The molecule has 0 radical (unpaired) electrons. The second-order valence-electron chi connectivity index (χ2n) is 6.50. The minimum atomic E-state index is 0.117. The molecule has 2 heterocycles. The van der Waals surface area contributed by atoms with Crippen LogP contribution in [0.5, 0.6) is 0 Å². The highest BCUT2D eigenvalue weighted by Gasteiger charge is 2.26. The molecule has 1 aliphatic rings. The van der Waals surface area contributed by atoms with E-state index in [4.69, 9.17) is 5.73 Å². The number of nitrogens with zero attached hydrogens (tertiary/aromatic N) is 4. The van der Waals surface area contributed by atoms with Gasteiger partial charge in [-0.3, -0.25) is 4.79 Å². The Labute approximate surface area is 154 Å². The molecule has 0 spiro atoms. The number of aromatic nitrogens is 2. The monoisotopic (exact) mass is 351 g/mol. The normalized spacial score (nSPS) is 14.6. The summed E-state index contributed by atoms with van der Waals surface area (Å²) in [6.07, 6.45) is 3.35. The average molecular weight is 351 g/mol. The summed E-state index contributed by atoms with van der Waals surface area (Å²) in [5.74, 6) is 1.11. The standard InChI is InChI=1S/C20H25N5O/c1-3-7-17-15(2)22-20(21)23-19(17)25-13-12-24(18(26)14-25)11-10-16-8-5-4-6-9-16/h3-6,8-9H,1,7,10-14H2,2H3,(H2,21,22,23). The van der Waals surface area contributed by atoms with Gasteiger partial charge in [-0.05, 0) is 25.3 Å². The maximum Gasteiger partial charge on any atom is 0.242 e. The Balaban J connectivity index is 1.69. The van der Waals surface area contributed by atoms with Gasteiger partial charge in [-0.2, -0.15) is 4.98 Å². The van der Waals surface area contributed by atoms with Crippen molar-refractivity contribution in [3.05, 3.63) is 59.8 Å². The van der Waals surface area contributed by atoms with Crippen molar-refractivity contribution in [3.8, 4) is 0 Å². The molecular weight excluding hydrogens is 326 g/mol. The first-order valence-corrected chi connectivity index (χ1v) is 8.89. The zero-order valence-electron chi connectivity index (χ0n) is 15.2. The molecule has 1 fully saturated rings. The largest absolute Gasteiger partial charge is 0.368 e. The fourth-order valence-electron chi connectivity index (χ4n) is 3.28. The second-order valence-corrected chi connectivity index (χ2v) is 6.50. The summed E-state index contributed by atoms with van der Waals surface area (Å²) in [6, 6.07) is 10.2. The molecule has 136 valence electrons. The third-order valence-corrected chi connectivity index (χ3v) is 4.69. The van der Waals surface area contributed by atoms with Crippen LogP contribution in [0, 0.1) is 6.92 Å². The van der Waals surface area contributed by atoms with Crippen LogP contribution in [-0.4, -0.2) is 47.0 Å². The van der Waals surface area contributed by atoms with E-state index in [0.717, 1.165) is 36.6 Å². The molecule has 26 heavy (non-hydrogen) atoms. The van der Waals surface area contributed by atoms with Gasteiger partial charge in [0.1, 0.15) is 5.82 Å². The maximum atomic E-state index is 12.6. The first kappa shape index (κ1) is 17.9. The van der Waals surface area contributed by atoms with Crippen LogP contribution in [0.1, 0.15) is 16.8 Å². The molecule has 1 amide bonds. The van der Waals surface area contributed by atoms with E-state index in [1.54, 1.807) is 0 Å². The van der Waals surface area contributed by atoms with Crippen LogP contribution in [0.25, 0.3) is 0 Å². The number of hydrogen-bond acceptors (Lipinski definition) is 5. The zero-order valence-corrected chi connectivity index (χ0v) is 15.2. The first-order chi connectivity index (χ1) is 12.6. The van der Waals surface area contributed by atoms with Gasteiger partial charge >= 0.3 is 0 Å². The Kier molecular flexibility index (Phi) is 5.51. The van der Waals surface area contributed by atoms with E-state index in [-0.39, 0.29) is 11.9 Å². The zero-order chi connectivity index (χ0) is 18.5.